The largest absolute Gasteiger partial charge is 0.378 e. The Morgan fingerprint density at radius 1 is 1.05 bits per heavy atom. The second-order valence-corrected chi connectivity index (χ2v) is 10.0. The van der Waals surface area contributed by atoms with Crippen LogP contribution in [0.2, 0.25) is 5.02 Å². The fraction of sp³-hybridized carbons (Fsp3) is 0.385. The van der Waals surface area contributed by atoms with Gasteiger partial charge in [-0.1, -0.05) is 23.7 Å². The fourth-order valence-corrected chi connectivity index (χ4v) is 5.09. The number of benzene rings is 1. The SMILES string of the molecule is CC(C)n1ncc(Cl)c1-c1cc2n(n1)CCC(=O)N2Cc1ccc(-n2ccc(N3CCOCC3)n2)cc1. The standard InChI is InChI=1S/C26H29ClN8O2/c1-18(2)35-26(21(27)16-28-35)22-15-24-32(25(36)8-10-34(24)29-22)17-19-3-5-20(6-4-19)33-9-7-23(30-33)31-11-13-37-14-12-31/h3-7,9,15-16,18H,8,10-14,17H2,1-2H3. The van der Waals surface area contributed by atoms with E-state index in [1.165, 1.54) is 0 Å². The molecule has 0 unspecified atom stereocenters. The molecular formula is C26H29ClN8O2. The number of hydrogen-bond donors (Lipinski definition) is 0. The number of aromatic nitrogens is 6. The number of hydrogen-bond acceptors (Lipinski definition) is 6. The number of nitrogens with zero attached hydrogens (tertiary/aromatic N) is 8. The summed E-state index contributed by atoms with van der Waals surface area (Å²) in [5.41, 5.74) is 3.48. The molecule has 0 radical (unpaired) electrons. The zero-order valence-corrected chi connectivity index (χ0v) is 21.7. The number of amides is 1. The van der Waals surface area contributed by atoms with E-state index in [2.05, 4.69) is 23.8 Å². The molecule has 2 aliphatic rings. The summed E-state index contributed by atoms with van der Waals surface area (Å²) in [6, 6.07) is 12.2. The molecular weight excluding hydrogens is 492 g/mol. The molecule has 0 bridgehead atoms. The molecule has 1 saturated heterocycles. The summed E-state index contributed by atoms with van der Waals surface area (Å²) in [7, 11) is 0. The predicted octanol–water partition coefficient (Wildman–Crippen LogP) is 3.94. The Hall–Kier alpha value is -3.63. The van der Waals surface area contributed by atoms with Gasteiger partial charge >= 0.3 is 0 Å². The molecule has 11 heteroatoms. The first kappa shape index (κ1) is 23.7. The summed E-state index contributed by atoms with van der Waals surface area (Å²) >= 11 is 6.46. The number of morpholine rings is 1. The fourth-order valence-electron chi connectivity index (χ4n) is 4.87. The number of anilines is 2. The van der Waals surface area contributed by atoms with Crippen LogP contribution in [0.25, 0.3) is 17.1 Å². The maximum Gasteiger partial charge on any atom is 0.230 e. The van der Waals surface area contributed by atoms with Gasteiger partial charge in [0.2, 0.25) is 5.91 Å². The van der Waals surface area contributed by atoms with E-state index in [1.54, 1.807) is 11.1 Å². The lowest BCUT2D eigenvalue weighted by atomic mass is 10.1. The molecule has 1 aromatic carbocycles. The van der Waals surface area contributed by atoms with E-state index in [0.717, 1.165) is 60.6 Å². The van der Waals surface area contributed by atoms with Crippen LogP contribution in [0, 0.1) is 0 Å². The van der Waals surface area contributed by atoms with E-state index in [1.807, 2.05) is 56.6 Å². The summed E-state index contributed by atoms with van der Waals surface area (Å²) in [4.78, 5) is 17.0. The van der Waals surface area contributed by atoms with E-state index in [-0.39, 0.29) is 11.9 Å². The Morgan fingerprint density at radius 2 is 1.84 bits per heavy atom. The normalized spacial score (nSPS) is 16.1. The van der Waals surface area contributed by atoms with Crippen molar-refractivity contribution in [2.75, 3.05) is 36.1 Å². The Morgan fingerprint density at radius 3 is 2.59 bits per heavy atom. The van der Waals surface area contributed by atoms with Crippen LogP contribution in [-0.4, -0.2) is 61.6 Å². The van der Waals surface area contributed by atoms with Crippen LogP contribution < -0.4 is 9.80 Å². The highest BCUT2D eigenvalue weighted by atomic mass is 35.5. The Kier molecular flexibility index (Phi) is 6.21. The third-order valence-corrected chi connectivity index (χ3v) is 7.08. The van der Waals surface area contributed by atoms with E-state index in [0.29, 0.717) is 24.5 Å². The maximum absolute atomic E-state index is 13.0. The van der Waals surface area contributed by atoms with Gasteiger partial charge in [-0.05, 0) is 31.5 Å². The van der Waals surface area contributed by atoms with Crippen molar-refractivity contribution in [1.29, 1.82) is 0 Å². The first-order valence-electron chi connectivity index (χ1n) is 12.6. The van der Waals surface area contributed by atoms with Crippen LogP contribution in [0.5, 0.6) is 0 Å². The quantitative estimate of drug-likeness (QED) is 0.383. The highest BCUT2D eigenvalue weighted by Crippen LogP contribution is 2.34. The van der Waals surface area contributed by atoms with Crippen molar-refractivity contribution >= 4 is 29.1 Å². The number of carbonyl (C=O) groups excluding carboxylic acids is 1. The molecule has 0 saturated carbocycles. The minimum Gasteiger partial charge on any atom is -0.378 e. The first-order valence-corrected chi connectivity index (χ1v) is 12.9. The molecule has 5 heterocycles. The monoisotopic (exact) mass is 520 g/mol. The average Bonchev–Trinajstić information content (AvgIpc) is 3.65. The highest BCUT2D eigenvalue weighted by molar-refractivity contribution is 6.33. The van der Waals surface area contributed by atoms with E-state index >= 15 is 0 Å². The van der Waals surface area contributed by atoms with Crippen molar-refractivity contribution < 1.29 is 9.53 Å². The Labute approximate surface area is 220 Å². The molecule has 10 nitrogen and oxygen atoms in total. The molecule has 1 fully saturated rings. The third-order valence-electron chi connectivity index (χ3n) is 6.81. The third kappa shape index (κ3) is 4.51. The van der Waals surface area contributed by atoms with Gasteiger partial charge in [0, 0.05) is 43.9 Å². The summed E-state index contributed by atoms with van der Waals surface area (Å²) in [5.74, 6) is 1.80. The molecule has 1 amide bonds. The van der Waals surface area contributed by atoms with Crippen LogP contribution in [-0.2, 0) is 22.6 Å². The van der Waals surface area contributed by atoms with Crippen molar-refractivity contribution in [1.82, 2.24) is 29.3 Å². The molecule has 0 atom stereocenters. The van der Waals surface area contributed by atoms with E-state index < -0.39 is 0 Å². The minimum absolute atomic E-state index is 0.0775. The van der Waals surface area contributed by atoms with Crippen LogP contribution in [0.15, 0.2) is 48.8 Å². The average molecular weight is 521 g/mol. The predicted molar refractivity (Wildman–Crippen MR) is 141 cm³/mol. The topological polar surface area (TPSA) is 86.2 Å². The van der Waals surface area contributed by atoms with Gasteiger partial charge in [-0.15, -0.1) is 0 Å². The highest BCUT2D eigenvalue weighted by Gasteiger charge is 2.28. The Bertz CT molecular complexity index is 1410. The van der Waals surface area contributed by atoms with Gasteiger partial charge in [0.25, 0.3) is 0 Å². The van der Waals surface area contributed by atoms with Crippen LogP contribution in [0.1, 0.15) is 31.9 Å². The van der Waals surface area contributed by atoms with Gasteiger partial charge < -0.3 is 9.64 Å². The van der Waals surface area contributed by atoms with E-state index in [4.69, 9.17) is 26.5 Å². The van der Waals surface area contributed by atoms with Crippen molar-refractivity contribution in [2.45, 2.75) is 39.4 Å². The number of ether oxygens (including phenoxy) is 1. The second-order valence-electron chi connectivity index (χ2n) is 9.60. The number of fused-ring (bicyclic) bond motifs is 1. The molecule has 2 aliphatic heterocycles. The zero-order valence-electron chi connectivity index (χ0n) is 20.9. The number of halogens is 1. The first-order chi connectivity index (χ1) is 18.0. The molecule has 0 N–H and O–H groups in total. The molecule has 4 aromatic rings. The van der Waals surface area contributed by atoms with Gasteiger partial charge in [0.05, 0.1) is 43.2 Å². The van der Waals surface area contributed by atoms with Gasteiger partial charge in [-0.25, -0.2) is 9.36 Å². The van der Waals surface area contributed by atoms with Crippen LogP contribution >= 0.6 is 11.6 Å². The minimum atomic E-state index is 0.0775. The number of rotatable bonds is 6. The number of carbonyl (C=O) groups is 1. The summed E-state index contributed by atoms with van der Waals surface area (Å²) in [6.45, 7) is 8.26. The van der Waals surface area contributed by atoms with Crippen molar-refractivity contribution in [3.63, 3.8) is 0 Å². The second kappa shape index (κ2) is 9.68. The van der Waals surface area contributed by atoms with Crippen LogP contribution in [0.3, 0.4) is 0 Å². The van der Waals surface area contributed by atoms with Crippen molar-refractivity contribution in [3.05, 3.63) is 59.4 Å². The lowest BCUT2D eigenvalue weighted by molar-refractivity contribution is -0.119. The molecule has 37 heavy (non-hydrogen) atoms. The van der Waals surface area contributed by atoms with Crippen molar-refractivity contribution in [2.24, 2.45) is 0 Å². The van der Waals surface area contributed by atoms with E-state index in [9.17, 15) is 4.79 Å². The summed E-state index contributed by atoms with van der Waals surface area (Å²) < 4.78 is 11.1. The number of aryl methyl sites for hydroxylation is 1. The van der Waals surface area contributed by atoms with Gasteiger partial charge in [0.1, 0.15) is 17.2 Å². The summed E-state index contributed by atoms with van der Waals surface area (Å²) in [6.07, 6.45) is 4.02. The summed E-state index contributed by atoms with van der Waals surface area (Å²) in [5, 5.41) is 14.5. The molecule has 0 aliphatic carbocycles. The van der Waals surface area contributed by atoms with Gasteiger partial charge in [-0.2, -0.15) is 15.3 Å². The van der Waals surface area contributed by atoms with Crippen molar-refractivity contribution in [3.8, 4) is 17.1 Å². The molecule has 6 rings (SSSR count). The van der Waals surface area contributed by atoms with Gasteiger partial charge in [0.15, 0.2) is 5.82 Å². The molecule has 3 aromatic heterocycles. The van der Waals surface area contributed by atoms with Crippen LogP contribution in [0.4, 0.5) is 11.6 Å². The van der Waals surface area contributed by atoms with Gasteiger partial charge in [-0.3, -0.25) is 14.4 Å². The maximum atomic E-state index is 13.0. The zero-order chi connectivity index (χ0) is 25.5. The lowest BCUT2D eigenvalue weighted by Gasteiger charge is -2.27. The Balaban J connectivity index is 1.22. The molecule has 0 spiro atoms. The molecule has 192 valence electrons. The lowest BCUT2D eigenvalue weighted by Crippen LogP contribution is -2.36. The smallest absolute Gasteiger partial charge is 0.230 e.